The Labute approximate surface area is 120 Å². The van der Waals surface area contributed by atoms with Crippen LogP contribution in [0.3, 0.4) is 0 Å². The van der Waals surface area contributed by atoms with Crippen molar-refractivity contribution in [2.75, 3.05) is 14.2 Å². The summed E-state index contributed by atoms with van der Waals surface area (Å²) in [6.45, 7) is 2.54. The van der Waals surface area contributed by atoms with E-state index in [2.05, 4.69) is 12.2 Å². The van der Waals surface area contributed by atoms with Gasteiger partial charge in [0.15, 0.2) is 0 Å². The number of ether oxygens (including phenoxy) is 2. The molecule has 1 aromatic rings. The molecule has 0 aliphatic heterocycles. The lowest BCUT2D eigenvalue weighted by molar-refractivity contribution is -0.130. The summed E-state index contributed by atoms with van der Waals surface area (Å²) in [5.41, 5.74) is 0.767. The minimum Gasteiger partial charge on any atom is -0.497 e. The first-order valence-electron chi connectivity index (χ1n) is 7.08. The second-order valence-corrected chi connectivity index (χ2v) is 5.63. The summed E-state index contributed by atoms with van der Waals surface area (Å²) in [6.07, 6.45) is 4.27. The van der Waals surface area contributed by atoms with Crippen LogP contribution in [0.1, 0.15) is 38.2 Å². The highest BCUT2D eigenvalue weighted by Crippen LogP contribution is 2.37. The van der Waals surface area contributed by atoms with Crippen molar-refractivity contribution in [2.45, 2.75) is 39.2 Å². The molecular weight excluding hydrogens is 254 g/mol. The van der Waals surface area contributed by atoms with Crippen LogP contribution in [-0.4, -0.2) is 20.1 Å². The maximum absolute atomic E-state index is 12.3. The lowest BCUT2D eigenvalue weighted by atomic mass is 9.88. The van der Waals surface area contributed by atoms with E-state index < -0.39 is 0 Å². The van der Waals surface area contributed by atoms with E-state index in [9.17, 15) is 4.79 Å². The van der Waals surface area contributed by atoms with Crippen LogP contribution in [0, 0.1) is 5.41 Å². The fourth-order valence-electron chi connectivity index (χ4n) is 2.77. The van der Waals surface area contributed by atoms with E-state index in [0.717, 1.165) is 42.7 Å². The molecule has 20 heavy (non-hydrogen) atoms. The van der Waals surface area contributed by atoms with Crippen molar-refractivity contribution >= 4 is 5.91 Å². The smallest absolute Gasteiger partial charge is 0.226 e. The molecule has 0 spiro atoms. The first-order valence-corrected chi connectivity index (χ1v) is 7.08. The number of hydrogen-bond acceptors (Lipinski definition) is 3. The summed E-state index contributed by atoms with van der Waals surface area (Å²) < 4.78 is 10.5. The molecule has 0 unspecified atom stereocenters. The first-order chi connectivity index (χ1) is 9.59. The molecule has 0 aromatic heterocycles. The van der Waals surface area contributed by atoms with Crippen LogP contribution in [0.4, 0.5) is 0 Å². The lowest BCUT2D eigenvalue weighted by Gasteiger charge is -2.22. The highest BCUT2D eigenvalue weighted by atomic mass is 16.5. The normalized spacial score (nSPS) is 16.8. The molecule has 0 bridgehead atoms. The molecule has 1 amide bonds. The van der Waals surface area contributed by atoms with Gasteiger partial charge < -0.3 is 14.8 Å². The SMILES string of the molecule is COc1ccc(CNC(=O)C2(C)CCCC2)c(OC)c1. The largest absolute Gasteiger partial charge is 0.497 e. The van der Waals surface area contributed by atoms with Crippen LogP contribution < -0.4 is 14.8 Å². The summed E-state index contributed by atoms with van der Waals surface area (Å²) >= 11 is 0. The van der Waals surface area contributed by atoms with Crippen LogP contribution >= 0.6 is 0 Å². The van der Waals surface area contributed by atoms with E-state index in [0.29, 0.717) is 6.54 Å². The molecule has 1 N–H and O–H groups in total. The van der Waals surface area contributed by atoms with Crippen molar-refractivity contribution in [1.29, 1.82) is 0 Å². The molecule has 0 heterocycles. The summed E-state index contributed by atoms with van der Waals surface area (Å²) in [6, 6.07) is 5.63. The number of carbonyl (C=O) groups is 1. The predicted octanol–water partition coefficient (Wildman–Crippen LogP) is 2.90. The zero-order chi connectivity index (χ0) is 14.6. The van der Waals surface area contributed by atoms with Gasteiger partial charge in [-0.15, -0.1) is 0 Å². The molecule has 0 radical (unpaired) electrons. The van der Waals surface area contributed by atoms with Gasteiger partial charge in [-0.1, -0.05) is 19.8 Å². The van der Waals surface area contributed by atoms with E-state index in [1.165, 1.54) is 0 Å². The monoisotopic (exact) mass is 277 g/mol. The summed E-state index contributed by atoms with van der Waals surface area (Å²) in [7, 11) is 3.25. The maximum atomic E-state index is 12.3. The van der Waals surface area contributed by atoms with Gasteiger partial charge in [-0.25, -0.2) is 0 Å². The minimum atomic E-state index is -0.195. The number of carbonyl (C=O) groups excluding carboxylic acids is 1. The van der Waals surface area contributed by atoms with Crippen LogP contribution in [0.5, 0.6) is 11.5 Å². The number of nitrogens with one attached hydrogen (secondary N) is 1. The fraction of sp³-hybridized carbons (Fsp3) is 0.562. The molecule has 2 rings (SSSR count). The molecule has 1 aliphatic rings. The molecule has 1 aromatic carbocycles. The van der Waals surface area contributed by atoms with Gasteiger partial charge in [0, 0.05) is 23.6 Å². The van der Waals surface area contributed by atoms with Crippen LogP contribution in [-0.2, 0) is 11.3 Å². The molecule has 110 valence electrons. The van der Waals surface area contributed by atoms with Crippen molar-refractivity contribution < 1.29 is 14.3 Å². The van der Waals surface area contributed by atoms with E-state index in [-0.39, 0.29) is 11.3 Å². The van der Waals surface area contributed by atoms with Gasteiger partial charge in [0.2, 0.25) is 5.91 Å². The van der Waals surface area contributed by atoms with Crippen LogP contribution in [0.15, 0.2) is 18.2 Å². The minimum absolute atomic E-state index is 0.146. The van der Waals surface area contributed by atoms with Gasteiger partial charge in [-0.05, 0) is 25.0 Å². The van der Waals surface area contributed by atoms with Crippen molar-refractivity contribution in [2.24, 2.45) is 5.41 Å². The van der Waals surface area contributed by atoms with Gasteiger partial charge in [0.05, 0.1) is 14.2 Å². The topological polar surface area (TPSA) is 47.6 Å². The highest BCUT2D eigenvalue weighted by molar-refractivity contribution is 5.82. The Balaban J connectivity index is 2.01. The molecule has 1 fully saturated rings. The standard InChI is InChI=1S/C16H23NO3/c1-16(8-4-5-9-16)15(18)17-11-12-6-7-13(19-2)10-14(12)20-3/h6-7,10H,4-5,8-9,11H2,1-3H3,(H,17,18). The zero-order valence-electron chi connectivity index (χ0n) is 12.5. The third-order valence-corrected chi connectivity index (χ3v) is 4.19. The Morgan fingerprint density at radius 1 is 1.25 bits per heavy atom. The summed E-state index contributed by atoms with van der Waals surface area (Å²) in [4.78, 5) is 12.3. The number of rotatable bonds is 5. The summed E-state index contributed by atoms with van der Waals surface area (Å²) in [5.74, 6) is 1.63. The number of amides is 1. The highest BCUT2D eigenvalue weighted by Gasteiger charge is 2.35. The van der Waals surface area contributed by atoms with Crippen molar-refractivity contribution in [1.82, 2.24) is 5.32 Å². The van der Waals surface area contributed by atoms with Crippen molar-refractivity contribution in [3.8, 4) is 11.5 Å². The van der Waals surface area contributed by atoms with Crippen molar-refractivity contribution in [3.05, 3.63) is 23.8 Å². The molecule has 4 nitrogen and oxygen atoms in total. The second kappa shape index (κ2) is 6.16. The summed E-state index contributed by atoms with van der Waals surface area (Å²) in [5, 5.41) is 3.03. The maximum Gasteiger partial charge on any atom is 0.226 e. The molecule has 4 heteroatoms. The van der Waals surface area contributed by atoms with E-state index >= 15 is 0 Å². The van der Waals surface area contributed by atoms with Gasteiger partial charge in [0.1, 0.15) is 11.5 Å². The molecular formula is C16H23NO3. The van der Waals surface area contributed by atoms with Gasteiger partial charge >= 0.3 is 0 Å². The van der Waals surface area contributed by atoms with E-state index in [1.54, 1.807) is 14.2 Å². The Bertz CT molecular complexity index is 479. The first kappa shape index (κ1) is 14.7. The Morgan fingerprint density at radius 2 is 1.95 bits per heavy atom. The molecule has 1 saturated carbocycles. The van der Waals surface area contributed by atoms with E-state index in [4.69, 9.17) is 9.47 Å². The second-order valence-electron chi connectivity index (χ2n) is 5.63. The lowest BCUT2D eigenvalue weighted by Crippen LogP contribution is -2.36. The fourth-order valence-corrected chi connectivity index (χ4v) is 2.77. The van der Waals surface area contributed by atoms with E-state index in [1.807, 2.05) is 18.2 Å². The number of benzene rings is 1. The Morgan fingerprint density at radius 3 is 2.55 bits per heavy atom. The Kier molecular flexibility index (Phi) is 4.53. The molecule has 1 aliphatic carbocycles. The van der Waals surface area contributed by atoms with Gasteiger partial charge in [0.25, 0.3) is 0 Å². The third-order valence-electron chi connectivity index (χ3n) is 4.19. The number of hydrogen-bond donors (Lipinski definition) is 1. The third kappa shape index (κ3) is 3.06. The van der Waals surface area contributed by atoms with Crippen LogP contribution in [0.25, 0.3) is 0 Å². The Hall–Kier alpha value is -1.71. The van der Waals surface area contributed by atoms with Crippen LogP contribution in [0.2, 0.25) is 0 Å². The average Bonchev–Trinajstić information content (AvgIpc) is 2.92. The predicted molar refractivity (Wildman–Crippen MR) is 78.0 cm³/mol. The molecule has 0 saturated heterocycles. The van der Waals surface area contributed by atoms with Crippen molar-refractivity contribution in [3.63, 3.8) is 0 Å². The van der Waals surface area contributed by atoms with Gasteiger partial charge in [-0.3, -0.25) is 4.79 Å². The zero-order valence-corrected chi connectivity index (χ0v) is 12.5. The average molecular weight is 277 g/mol. The van der Waals surface area contributed by atoms with Gasteiger partial charge in [-0.2, -0.15) is 0 Å². The number of methoxy groups -OCH3 is 2. The molecule has 0 atom stereocenters. The quantitative estimate of drug-likeness (QED) is 0.900.